The van der Waals surface area contributed by atoms with E-state index < -0.39 is 0 Å². The minimum atomic E-state index is -0.208. The predicted octanol–water partition coefficient (Wildman–Crippen LogP) is 2.26. The van der Waals surface area contributed by atoms with Gasteiger partial charge in [0, 0.05) is 25.7 Å². The fourth-order valence-electron chi connectivity index (χ4n) is 1.66. The average Bonchev–Trinajstić information content (AvgIpc) is 2.44. The number of ether oxygens (including phenoxy) is 4. The summed E-state index contributed by atoms with van der Waals surface area (Å²) >= 11 is 3.19. The highest BCUT2D eigenvalue weighted by Crippen LogP contribution is 2.32. The number of pyridine rings is 1. The van der Waals surface area contributed by atoms with Gasteiger partial charge in [-0.3, -0.25) is 4.79 Å². The molecule has 0 aliphatic rings. The number of aromatic amines is 1. The molecule has 0 aliphatic heterocycles. The lowest BCUT2D eigenvalue weighted by molar-refractivity contribution is 0.0324. The Balaban J connectivity index is 2.49. The van der Waals surface area contributed by atoms with E-state index in [0.717, 1.165) is 5.39 Å². The van der Waals surface area contributed by atoms with Crippen LogP contribution in [0.3, 0.4) is 0 Å². The van der Waals surface area contributed by atoms with E-state index in [-0.39, 0.29) is 19.1 Å². The van der Waals surface area contributed by atoms with Gasteiger partial charge in [-0.2, -0.15) is 0 Å². The topological polar surface area (TPSA) is 69.8 Å². The monoisotopic (exact) mass is 343 g/mol. The average molecular weight is 344 g/mol. The van der Waals surface area contributed by atoms with Gasteiger partial charge in [0.15, 0.2) is 25.1 Å². The van der Waals surface area contributed by atoms with Crippen LogP contribution in [0.1, 0.15) is 0 Å². The molecule has 0 atom stereocenters. The summed E-state index contributed by atoms with van der Waals surface area (Å²) < 4.78 is 21.1. The summed E-state index contributed by atoms with van der Waals surface area (Å²) in [5, 5.41) is 0.812. The summed E-state index contributed by atoms with van der Waals surface area (Å²) in [6.07, 6.45) is 0. The summed E-state index contributed by atoms with van der Waals surface area (Å²) in [7, 11) is 3.06. The molecule has 2 aromatic rings. The molecule has 1 N–H and O–H groups in total. The van der Waals surface area contributed by atoms with Gasteiger partial charge in [-0.15, -0.1) is 0 Å². The second-order valence-electron chi connectivity index (χ2n) is 3.93. The van der Waals surface area contributed by atoms with Gasteiger partial charge in [0.2, 0.25) is 0 Å². The molecule has 1 aromatic carbocycles. The number of nitrogens with one attached hydrogen (secondary N) is 1. The Bertz CT molecular complexity index is 655. The van der Waals surface area contributed by atoms with Crippen molar-refractivity contribution in [2.75, 3.05) is 27.8 Å². The summed E-state index contributed by atoms with van der Waals surface area (Å²) in [6, 6.07) is 5.17. The van der Waals surface area contributed by atoms with Crippen molar-refractivity contribution in [2.45, 2.75) is 0 Å². The fraction of sp³-hybridized carbons (Fsp3) is 0.308. The van der Waals surface area contributed by atoms with Gasteiger partial charge in [0.1, 0.15) is 0 Å². The van der Waals surface area contributed by atoms with Crippen molar-refractivity contribution in [1.29, 1.82) is 0 Å². The highest BCUT2D eigenvalue weighted by Gasteiger charge is 2.10. The van der Waals surface area contributed by atoms with E-state index in [9.17, 15) is 4.79 Å². The molecular formula is C13H14BrNO5. The Labute approximate surface area is 123 Å². The third kappa shape index (κ3) is 3.30. The van der Waals surface area contributed by atoms with E-state index >= 15 is 0 Å². The first-order valence-corrected chi connectivity index (χ1v) is 6.55. The summed E-state index contributed by atoms with van der Waals surface area (Å²) in [5.41, 5.74) is 0.440. The molecule has 0 radical (unpaired) electrons. The van der Waals surface area contributed by atoms with Crippen LogP contribution < -0.4 is 15.0 Å². The molecule has 2 rings (SSSR count). The van der Waals surface area contributed by atoms with Gasteiger partial charge >= 0.3 is 0 Å². The molecule has 1 heterocycles. The van der Waals surface area contributed by atoms with Crippen LogP contribution in [0.5, 0.6) is 11.5 Å². The first kappa shape index (κ1) is 14.8. The van der Waals surface area contributed by atoms with Crippen LogP contribution >= 0.6 is 15.9 Å². The lowest BCUT2D eigenvalue weighted by atomic mass is 10.2. The molecule has 0 spiro atoms. The SMILES string of the molecule is COCOc1cc2cc(Br)c(=O)[nH]c2cc1OCOC. The Hall–Kier alpha value is -1.57. The summed E-state index contributed by atoms with van der Waals surface area (Å²) in [4.78, 5) is 14.3. The third-order valence-electron chi connectivity index (χ3n) is 2.53. The molecule has 0 bridgehead atoms. The van der Waals surface area contributed by atoms with Gasteiger partial charge in [0.05, 0.1) is 9.99 Å². The molecule has 0 amide bonds. The van der Waals surface area contributed by atoms with E-state index in [4.69, 9.17) is 18.9 Å². The second kappa shape index (κ2) is 6.74. The lowest BCUT2D eigenvalue weighted by Gasteiger charge is -2.13. The second-order valence-corrected chi connectivity index (χ2v) is 4.79. The van der Waals surface area contributed by atoms with Crippen molar-refractivity contribution in [1.82, 2.24) is 4.98 Å². The van der Waals surface area contributed by atoms with Crippen LogP contribution in [0.2, 0.25) is 0 Å². The first-order chi connectivity index (χ1) is 9.65. The molecule has 0 saturated carbocycles. The summed E-state index contributed by atoms with van der Waals surface area (Å²) in [5.74, 6) is 0.977. The van der Waals surface area contributed by atoms with Gasteiger partial charge in [-0.1, -0.05) is 0 Å². The number of hydrogen-bond donors (Lipinski definition) is 1. The number of aromatic nitrogens is 1. The van der Waals surface area contributed by atoms with Crippen LogP contribution in [-0.4, -0.2) is 32.8 Å². The fourth-order valence-corrected chi connectivity index (χ4v) is 2.00. The van der Waals surface area contributed by atoms with E-state index in [0.29, 0.717) is 21.5 Å². The maximum atomic E-state index is 11.6. The zero-order valence-electron chi connectivity index (χ0n) is 11.1. The minimum Gasteiger partial charge on any atom is -0.464 e. The van der Waals surface area contributed by atoms with E-state index in [1.807, 2.05) is 0 Å². The van der Waals surface area contributed by atoms with Crippen LogP contribution in [0.25, 0.3) is 10.9 Å². The Kier molecular flexibility index (Phi) is 4.99. The molecule has 108 valence electrons. The molecular weight excluding hydrogens is 330 g/mol. The van der Waals surface area contributed by atoms with Gasteiger partial charge in [-0.25, -0.2) is 0 Å². The molecule has 6 nitrogen and oxygen atoms in total. The zero-order chi connectivity index (χ0) is 14.5. The van der Waals surface area contributed by atoms with Crippen molar-refractivity contribution in [3.63, 3.8) is 0 Å². The number of benzene rings is 1. The number of rotatable bonds is 6. The van der Waals surface area contributed by atoms with Crippen molar-refractivity contribution in [3.8, 4) is 11.5 Å². The number of hydrogen-bond acceptors (Lipinski definition) is 5. The van der Waals surface area contributed by atoms with Crippen LogP contribution in [0, 0.1) is 0 Å². The summed E-state index contributed by atoms with van der Waals surface area (Å²) in [6.45, 7) is 0.176. The number of methoxy groups -OCH3 is 2. The van der Waals surface area contributed by atoms with Crippen molar-refractivity contribution < 1.29 is 18.9 Å². The number of halogens is 1. The van der Waals surface area contributed by atoms with Crippen molar-refractivity contribution >= 4 is 26.8 Å². The maximum absolute atomic E-state index is 11.6. The normalized spacial score (nSPS) is 10.8. The van der Waals surface area contributed by atoms with E-state index in [1.54, 1.807) is 18.2 Å². The maximum Gasteiger partial charge on any atom is 0.262 e. The standard InChI is InChI=1S/C13H14BrNO5/c1-17-6-19-11-4-8-3-9(14)13(16)15-10(8)5-12(11)20-7-18-2/h3-5H,6-7H2,1-2H3,(H,15,16). The Morgan fingerprint density at radius 2 is 1.65 bits per heavy atom. The van der Waals surface area contributed by atoms with Crippen molar-refractivity contribution in [3.05, 3.63) is 33.0 Å². The molecule has 1 aromatic heterocycles. The molecule has 0 fully saturated rings. The Morgan fingerprint density at radius 3 is 2.25 bits per heavy atom. The smallest absolute Gasteiger partial charge is 0.262 e. The van der Waals surface area contributed by atoms with E-state index in [2.05, 4.69) is 20.9 Å². The van der Waals surface area contributed by atoms with Gasteiger partial charge in [-0.05, 0) is 28.1 Å². The predicted molar refractivity (Wildman–Crippen MR) is 77.3 cm³/mol. The molecule has 0 unspecified atom stereocenters. The number of H-pyrrole nitrogens is 1. The molecule has 7 heteroatoms. The Morgan fingerprint density at radius 1 is 1.05 bits per heavy atom. The van der Waals surface area contributed by atoms with Crippen LogP contribution in [0.15, 0.2) is 27.5 Å². The van der Waals surface area contributed by atoms with Crippen LogP contribution in [-0.2, 0) is 9.47 Å². The molecule has 0 aliphatic carbocycles. The zero-order valence-corrected chi connectivity index (χ0v) is 12.7. The quantitative estimate of drug-likeness (QED) is 0.814. The highest BCUT2D eigenvalue weighted by atomic mass is 79.9. The highest BCUT2D eigenvalue weighted by molar-refractivity contribution is 9.10. The van der Waals surface area contributed by atoms with Gasteiger partial charge < -0.3 is 23.9 Å². The minimum absolute atomic E-state index is 0.0790. The van der Waals surface area contributed by atoms with Gasteiger partial charge in [0.25, 0.3) is 5.56 Å². The van der Waals surface area contributed by atoms with Crippen LogP contribution in [0.4, 0.5) is 0 Å². The van der Waals surface area contributed by atoms with Crippen molar-refractivity contribution in [2.24, 2.45) is 0 Å². The number of fused-ring (bicyclic) bond motifs is 1. The third-order valence-corrected chi connectivity index (χ3v) is 3.12. The lowest BCUT2D eigenvalue weighted by Crippen LogP contribution is -2.08. The molecule has 20 heavy (non-hydrogen) atoms. The van der Waals surface area contributed by atoms with E-state index in [1.165, 1.54) is 14.2 Å². The first-order valence-electron chi connectivity index (χ1n) is 5.75. The largest absolute Gasteiger partial charge is 0.464 e. The molecule has 0 saturated heterocycles.